The van der Waals surface area contributed by atoms with Gasteiger partial charge in [-0.25, -0.2) is 0 Å². The smallest absolute Gasteiger partial charge is 0.0499 e. The Hall–Kier alpha value is -0.220. The van der Waals surface area contributed by atoms with Crippen LogP contribution in [-0.4, -0.2) is 24.0 Å². The summed E-state index contributed by atoms with van der Waals surface area (Å²) < 4.78 is 0. The van der Waals surface area contributed by atoms with Gasteiger partial charge >= 0.3 is 0 Å². The van der Waals surface area contributed by atoms with E-state index < -0.39 is 0 Å². The minimum atomic E-state index is 0.0988. The number of hydrogen-bond acceptors (Lipinski definition) is 3. The molecule has 3 rings (SSSR count). The maximum atomic E-state index is 9.85. The summed E-state index contributed by atoms with van der Waals surface area (Å²) in [6.45, 7) is 1.23. The summed E-state index contributed by atoms with van der Waals surface area (Å²) in [5, 5.41) is 14.4. The van der Waals surface area contributed by atoms with Crippen molar-refractivity contribution in [2.24, 2.45) is 5.41 Å². The van der Waals surface area contributed by atoms with Crippen LogP contribution in [-0.2, 0) is 0 Å². The number of aliphatic hydroxyl groups excluding tert-OH is 1. The highest BCUT2D eigenvalue weighted by Gasteiger charge is 2.32. The Balaban J connectivity index is 1.70. The second-order valence-electron chi connectivity index (χ2n) is 6.47. The van der Waals surface area contributed by atoms with E-state index in [-0.39, 0.29) is 5.41 Å². The third kappa shape index (κ3) is 3.58. The lowest BCUT2D eigenvalue weighted by Crippen LogP contribution is -2.41. The Labute approximate surface area is 136 Å². The monoisotopic (exact) mass is 325 g/mol. The Kier molecular flexibility index (Phi) is 5.15. The van der Waals surface area contributed by atoms with Gasteiger partial charge in [-0.2, -0.15) is 0 Å². The van der Waals surface area contributed by atoms with E-state index >= 15 is 0 Å². The zero-order chi connectivity index (χ0) is 14.7. The fraction of sp³-hybridized carbons (Fsp3) is 0.647. The van der Waals surface area contributed by atoms with Gasteiger partial charge in [-0.1, -0.05) is 30.9 Å². The van der Waals surface area contributed by atoms with Crippen molar-refractivity contribution in [2.45, 2.75) is 49.5 Å². The maximum Gasteiger partial charge on any atom is 0.0499 e. The number of halogens is 1. The Morgan fingerprint density at radius 3 is 2.86 bits per heavy atom. The molecule has 1 saturated carbocycles. The molecular weight excluding hydrogens is 302 g/mol. The van der Waals surface area contributed by atoms with Crippen molar-refractivity contribution in [1.29, 1.82) is 0 Å². The van der Waals surface area contributed by atoms with Crippen LogP contribution < -0.4 is 5.32 Å². The molecule has 0 amide bonds. The quantitative estimate of drug-likeness (QED) is 0.860. The largest absolute Gasteiger partial charge is 0.396 e. The second-order valence-corrected chi connectivity index (χ2v) is 8.04. The van der Waals surface area contributed by atoms with E-state index in [0.717, 1.165) is 36.6 Å². The summed E-state index contributed by atoms with van der Waals surface area (Å²) in [7, 11) is 0. The number of rotatable bonds is 4. The Morgan fingerprint density at radius 1 is 1.29 bits per heavy atom. The van der Waals surface area contributed by atoms with Crippen LogP contribution in [0.25, 0.3) is 0 Å². The van der Waals surface area contributed by atoms with Crippen molar-refractivity contribution in [3.8, 4) is 0 Å². The lowest BCUT2D eigenvalue weighted by Gasteiger charge is -2.38. The van der Waals surface area contributed by atoms with E-state index in [4.69, 9.17) is 11.6 Å². The first-order chi connectivity index (χ1) is 10.2. The maximum absolute atomic E-state index is 9.85. The van der Waals surface area contributed by atoms with E-state index in [9.17, 15) is 5.11 Å². The SMILES string of the molecule is OCC1(CNC2CCSc3ccc(Cl)cc32)CCCCC1. The molecule has 21 heavy (non-hydrogen) atoms. The van der Waals surface area contributed by atoms with Gasteiger partial charge in [0.15, 0.2) is 0 Å². The van der Waals surface area contributed by atoms with E-state index in [1.807, 2.05) is 17.8 Å². The van der Waals surface area contributed by atoms with E-state index in [1.165, 1.54) is 29.7 Å². The van der Waals surface area contributed by atoms with Crippen LogP contribution in [0.15, 0.2) is 23.1 Å². The fourth-order valence-corrected chi connectivity index (χ4v) is 4.90. The lowest BCUT2D eigenvalue weighted by atomic mass is 9.74. The number of aliphatic hydroxyl groups is 1. The molecular formula is C17H24ClNOS. The molecule has 0 radical (unpaired) electrons. The topological polar surface area (TPSA) is 32.3 Å². The van der Waals surface area contributed by atoms with Gasteiger partial charge in [0.1, 0.15) is 0 Å². The molecule has 1 atom stereocenters. The van der Waals surface area contributed by atoms with Gasteiger partial charge in [0, 0.05) is 34.5 Å². The van der Waals surface area contributed by atoms with Crippen molar-refractivity contribution < 1.29 is 5.11 Å². The van der Waals surface area contributed by atoms with Crippen molar-refractivity contribution in [3.63, 3.8) is 0 Å². The van der Waals surface area contributed by atoms with E-state index in [1.54, 1.807) is 0 Å². The summed E-state index contributed by atoms with van der Waals surface area (Å²) in [6.07, 6.45) is 7.27. The normalized spacial score (nSPS) is 24.6. The first-order valence-electron chi connectivity index (χ1n) is 7.99. The predicted molar refractivity (Wildman–Crippen MR) is 90.1 cm³/mol. The summed E-state index contributed by atoms with van der Waals surface area (Å²) >= 11 is 8.09. The highest BCUT2D eigenvalue weighted by molar-refractivity contribution is 7.99. The van der Waals surface area contributed by atoms with Crippen LogP contribution in [0.5, 0.6) is 0 Å². The van der Waals surface area contributed by atoms with E-state index in [0.29, 0.717) is 12.6 Å². The number of benzene rings is 1. The third-order valence-electron chi connectivity index (χ3n) is 4.98. The molecule has 1 heterocycles. The highest BCUT2D eigenvalue weighted by Crippen LogP contribution is 2.39. The van der Waals surface area contributed by atoms with Crippen molar-refractivity contribution in [3.05, 3.63) is 28.8 Å². The third-order valence-corrected chi connectivity index (χ3v) is 6.34. The Bertz CT molecular complexity index is 488. The average Bonchev–Trinajstić information content (AvgIpc) is 2.54. The molecule has 0 bridgehead atoms. The standard InChI is InChI=1S/C17H24ClNOS/c18-13-4-5-16-14(10-13)15(6-9-21-16)19-11-17(12-20)7-2-1-3-8-17/h4-5,10,15,19-20H,1-3,6-9,11-12H2. The number of hydrogen-bond donors (Lipinski definition) is 2. The van der Waals surface area contributed by atoms with Gasteiger partial charge in [-0.05, 0) is 48.8 Å². The molecule has 2 N–H and O–H groups in total. The molecule has 1 unspecified atom stereocenters. The lowest BCUT2D eigenvalue weighted by molar-refractivity contribution is 0.0780. The van der Waals surface area contributed by atoms with Crippen molar-refractivity contribution >= 4 is 23.4 Å². The summed E-state index contributed by atoms with van der Waals surface area (Å²) in [6, 6.07) is 6.60. The number of thioether (sulfide) groups is 1. The van der Waals surface area contributed by atoms with Crippen molar-refractivity contribution in [1.82, 2.24) is 5.32 Å². The van der Waals surface area contributed by atoms with Crippen LogP contribution in [0.2, 0.25) is 5.02 Å². The minimum Gasteiger partial charge on any atom is -0.396 e. The molecule has 2 nitrogen and oxygen atoms in total. The van der Waals surface area contributed by atoms with Gasteiger partial charge in [0.2, 0.25) is 0 Å². The minimum absolute atomic E-state index is 0.0988. The molecule has 1 aromatic rings. The predicted octanol–water partition coefficient (Wildman–Crippen LogP) is 4.41. The Morgan fingerprint density at radius 2 is 2.10 bits per heavy atom. The summed E-state index contributed by atoms with van der Waals surface area (Å²) in [5.41, 5.74) is 1.43. The van der Waals surface area contributed by atoms with E-state index in [2.05, 4.69) is 17.4 Å². The molecule has 0 saturated heterocycles. The average molecular weight is 326 g/mol. The van der Waals surface area contributed by atoms with Crippen LogP contribution in [0, 0.1) is 5.41 Å². The van der Waals surface area contributed by atoms with Crippen molar-refractivity contribution in [2.75, 3.05) is 18.9 Å². The molecule has 4 heteroatoms. The molecule has 0 spiro atoms. The van der Waals surface area contributed by atoms with Crippen LogP contribution in [0.1, 0.15) is 50.1 Å². The molecule has 0 aromatic heterocycles. The molecule has 1 fully saturated rings. The first kappa shape index (κ1) is 15.7. The molecule has 116 valence electrons. The summed E-state index contributed by atoms with van der Waals surface area (Å²) in [4.78, 5) is 1.35. The number of nitrogens with one attached hydrogen (secondary N) is 1. The fourth-order valence-electron chi connectivity index (χ4n) is 3.61. The molecule has 2 aliphatic rings. The number of fused-ring (bicyclic) bond motifs is 1. The van der Waals surface area contributed by atoms with Gasteiger partial charge < -0.3 is 10.4 Å². The highest BCUT2D eigenvalue weighted by atomic mass is 35.5. The molecule has 1 aliphatic heterocycles. The summed E-state index contributed by atoms with van der Waals surface area (Å²) in [5.74, 6) is 1.15. The molecule has 1 aromatic carbocycles. The van der Waals surface area contributed by atoms with Crippen LogP contribution in [0.3, 0.4) is 0 Å². The van der Waals surface area contributed by atoms with Crippen LogP contribution in [0.4, 0.5) is 0 Å². The first-order valence-corrected chi connectivity index (χ1v) is 9.35. The van der Waals surface area contributed by atoms with Gasteiger partial charge in [-0.15, -0.1) is 11.8 Å². The van der Waals surface area contributed by atoms with Gasteiger partial charge in [0.25, 0.3) is 0 Å². The van der Waals surface area contributed by atoms with Gasteiger partial charge in [0.05, 0.1) is 0 Å². The second kappa shape index (κ2) is 6.91. The molecule has 1 aliphatic carbocycles. The van der Waals surface area contributed by atoms with Crippen LogP contribution >= 0.6 is 23.4 Å². The zero-order valence-corrected chi connectivity index (χ0v) is 14.0. The van der Waals surface area contributed by atoms with Gasteiger partial charge in [-0.3, -0.25) is 0 Å². The zero-order valence-electron chi connectivity index (χ0n) is 12.4.